The van der Waals surface area contributed by atoms with E-state index in [0.717, 1.165) is 5.75 Å². The molecule has 0 unspecified atom stereocenters. The van der Waals surface area contributed by atoms with E-state index in [-0.39, 0.29) is 13.2 Å². The van der Waals surface area contributed by atoms with Crippen molar-refractivity contribution in [3.05, 3.63) is 54.6 Å². The highest BCUT2D eigenvalue weighted by Gasteiger charge is 2.05. The van der Waals surface area contributed by atoms with Crippen molar-refractivity contribution >= 4 is 0 Å². The summed E-state index contributed by atoms with van der Waals surface area (Å²) in [5, 5.41) is 9.53. The maximum Gasteiger partial charge on any atom is 0.131 e. The van der Waals surface area contributed by atoms with Crippen LogP contribution in [0.25, 0.3) is 0 Å². The summed E-state index contributed by atoms with van der Waals surface area (Å²) in [4.78, 5) is 0. The number of ether oxygens (including phenoxy) is 3. The highest BCUT2D eigenvalue weighted by atomic mass is 16.5. The summed E-state index contributed by atoms with van der Waals surface area (Å²) in [5.74, 6) is 2.10. The SMILES string of the molecule is COC[C@H](O)COc1cccc(Oc2ccccc2)c1. The van der Waals surface area contributed by atoms with Crippen LogP contribution in [0.4, 0.5) is 0 Å². The Labute approximate surface area is 118 Å². The molecule has 0 bridgehead atoms. The van der Waals surface area contributed by atoms with Gasteiger partial charge in [0.15, 0.2) is 0 Å². The number of rotatable bonds is 7. The minimum absolute atomic E-state index is 0.183. The Morgan fingerprint density at radius 2 is 1.60 bits per heavy atom. The highest BCUT2D eigenvalue weighted by molar-refractivity contribution is 5.36. The fraction of sp³-hybridized carbons (Fsp3) is 0.250. The van der Waals surface area contributed by atoms with Crippen LogP contribution in [0.1, 0.15) is 0 Å². The molecule has 1 atom stereocenters. The van der Waals surface area contributed by atoms with E-state index in [1.807, 2.05) is 48.5 Å². The molecule has 2 aromatic carbocycles. The van der Waals surface area contributed by atoms with Gasteiger partial charge < -0.3 is 19.3 Å². The molecule has 4 heteroatoms. The second-order valence-electron chi connectivity index (χ2n) is 4.31. The van der Waals surface area contributed by atoms with Crippen LogP contribution in [0, 0.1) is 0 Å². The van der Waals surface area contributed by atoms with Crippen LogP contribution in [0.15, 0.2) is 54.6 Å². The second-order valence-corrected chi connectivity index (χ2v) is 4.31. The number of aliphatic hydroxyl groups is 1. The average Bonchev–Trinajstić information content (AvgIpc) is 2.47. The molecular weight excluding hydrogens is 256 g/mol. The molecule has 0 amide bonds. The van der Waals surface area contributed by atoms with Crippen LogP contribution in [0.3, 0.4) is 0 Å². The van der Waals surface area contributed by atoms with Gasteiger partial charge in [-0.2, -0.15) is 0 Å². The zero-order valence-corrected chi connectivity index (χ0v) is 11.4. The molecule has 1 N–H and O–H groups in total. The topological polar surface area (TPSA) is 47.9 Å². The molecule has 20 heavy (non-hydrogen) atoms. The smallest absolute Gasteiger partial charge is 0.131 e. The van der Waals surface area contributed by atoms with Crippen molar-refractivity contribution < 1.29 is 19.3 Å². The summed E-state index contributed by atoms with van der Waals surface area (Å²) >= 11 is 0. The molecule has 0 aliphatic rings. The molecule has 0 radical (unpaired) electrons. The highest BCUT2D eigenvalue weighted by Crippen LogP contribution is 2.24. The summed E-state index contributed by atoms with van der Waals surface area (Å²) in [6, 6.07) is 16.8. The van der Waals surface area contributed by atoms with Crippen molar-refractivity contribution in [3.8, 4) is 17.2 Å². The molecule has 4 nitrogen and oxygen atoms in total. The van der Waals surface area contributed by atoms with Gasteiger partial charge in [0.25, 0.3) is 0 Å². The van der Waals surface area contributed by atoms with E-state index < -0.39 is 6.10 Å². The summed E-state index contributed by atoms with van der Waals surface area (Å²) in [5.41, 5.74) is 0. The molecule has 0 saturated carbocycles. The maximum absolute atomic E-state index is 9.53. The van der Waals surface area contributed by atoms with Crippen molar-refractivity contribution in [2.24, 2.45) is 0 Å². The monoisotopic (exact) mass is 274 g/mol. The quantitative estimate of drug-likeness (QED) is 0.843. The molecule has 0 saturated heterocycles. The Morgan fingerprint density at radius 1 is 0.900 bits per heavy atom. The van der Waals surface area contributed by atoms with E-state index in [0.29, 0.717) is 11.5 Å². The molecule has 2 aromatic rings. The number of hydrogen-bond acceptors (Lipinski definition) is 4. The van der Waals surface area contributed by atoms with Gasteiger partial charge >= 0.3 is 0 Å². The standard InChI is InChI=1S/C16H18O4/c1-18-11-13(17)12-19-15-8-5-9-16(10-15)20-14-6-3-2-4-7-14/h2-10,13,17H,11-12H2,1H3/t13-/m0/s1. The van der Waals surface area contributed by atoms with E-state index in [1.165, 1.54) is 7.11 Å². The molecule has 0 heterocycles. The van der Waals surface area contributed by atoms with Crippen LogP contribution in [0.2, 0.25) is 0 Å². The zero-order chi connectivity index (χ0) is 14.2. The lowest BCUT2D eigenvalue weighted by Crippen LogP contribution is -2.22. The third kappa shape index (κ3) is 4.57. The van der Waals surface area contributed by atoms with E-state index in [9.17, 15) is 5.11 Å². The molecule has 2 rings (SSSR count). The fourth-order valence-corrected chi connectivity index (χ4v) is 1.69. The van der Waals surface area contributed by atoms with Crippen LogP contribution in [0.5, 0.6) is 17.2 Å². The van der Waals surface area contributed by atoms with Crippen molar-refractivity contribution in [3.63, 3.8) is 0 Å². The molecule has 0 aromatic heterocycles. The van der Waals surface area contributed by atoms with Crippen LogP contribution in [-0.4, -0.2) is 31.5 Å². The Morgan fingerprint density at radius 3 is 2.35 bits per heavy atom. The largest absolute Gasteiger partial charge is 0.491 e. The lowest BCUT2D eigenvalue weighted by Gasteiger charge is -2.12. The molecule has 0 aliphatic carbocycles. The third-order valence-corrected chi connectivity index (χ3v) is 2.59. The first-order valence-electron chi connectivity index (χ1n) is 6.40. The van der Waals surface area contributed by atoms with Gasteiger partial charge in [0.1, 0.15) is 30.0 Å². The predicted octanol–water partition coefficient (Wildman–Crippen LogP) is 2.87. The molecule has 0 spiro atoms. The normalized spacial score (nSPS) is 11.9. The van der Waals surface area contributed by atoms with Gasteiger partial charge in [-0.15, -0.1) is 0 Å². The number of benzene rings is 2. The minimum Gasteiger partial charge on any atom is -0.491 e. The van der Waals surface area contributed by atoms with Crippen molar-refractivity contribution in [1.29, 1.82) is 0 Å². The van der Waals surface area contributed by atoms with Gasteiger partial charge in [-0.1, -0.05) is 24.3 Å². The first-order valence-corrected chi connectivity index (χ1v) is 6.40. The summed E-state index contributed by atoms with van der Waals surface area (Å²) in [7, 11) is 1.54. The molecular formula is C16H18O4. The van der Waals surface area contributed by atoms with Gasteiger partial charge in [0.2, 0.25) is 0 Å². The van der Waals surface area contributed by atoms with Crippen molar-refractivity contribution in [2.75, 3.05) is 20.3 Å². The Balaban J connectivity index is 1.94. The average molecular weight is 274 g/mol. The van der Waals surface area contributed by atoms with E-state index in [1.54, 1.807) is 6.07 Å². The fourth-order valence-electron chi connectivity index (χ4n) is 1.69. The lowest BCUT2D eigenvalue weighted by atomic mass is 10.3. The van der Waals surface area contributed by atoms with Gasteiger partial charge in [-0.25, -0.2) is 0 Å². The number of hydrogen-bond donors (Lipinski definition) is 1. The number of methoxy groups -OCH3 is 1. The van der Waals surface area contributed by atoms with E-state index in [4.69, 9.17) is 14.2 Å². The van der Waals surface area contributed by atoms with Gasteiger partial charge in [0, 0.05) is 13.2 Å². The van der Waals surface area contributed by atoms with Gasteiger partial charge in [0.05, 0.1) is 6.61 Å². The summed E-state index contributed by atoms with van der Waals surface area (Å²) < 4.78 is 16.0. The van der Waals surface area contributed by atoms with E-state index in [2.05, 4.69) is 0 Å². The van der Waals surface area contributed by atoms with Crippen LogP contribution in [-0.2, 0) is 4.74 Å². The molecule has 0 fully saturated rings. The summed E-state index contributed by atoms with van der Waals surface area (Å²) in [6.07, 6.45) is -0.640. The van der Waals surface area contributed by atoms with Crippen LogP contribution < -0.4 is 9.47 Å². The number of aliphatic hydroxyl groups excluding tert-OH is 1. The third-order valence-electron chi connectivity index (χ3n) is 2.59. The molecule has 106 valence electrons. The Kier molecular flexibility index (Phi) is 5.41. The maximum atomic E-state index is 9.53. The Hall–Kier alpha value is -2.04. The van der Waals surface area contributed by atoms with Gasteiger partial charge in [-0.3, -0.25) is 0 Å². The van der Waals surface area contributed by atoms with Crippen LogP contribution >= 0.6 is 0 Å². The zero-order valence-electron chi connectivity index (χ0n) is 11.4. The first kappa shape index (κ1) is 14.4. The van der Waals surface area contributed by atoms with Crippen molar-refractivity contribution in [2.45, 2.75) is 6.10 Å². The Bertz CT molecular complexity index is 513. The van der Waals surface area contributed by atoms with E-state index >= 15 is 0 Å². The first-order chi connectivity index (χ1) is 9.78. The van der Waals surface area contributed by atoms with Crippen molar-refractivity contribution in [1.82, 2.24) is 0 Å². The number of para-hydroxylation sites is 1. The van der Waals surface area contributed by atoms with Gasteiger partial charge in [-0.05, 0) is 24.3 Å². The summed E-state index contributed by atoms with van der Waals surface area (Å²) in [6.45, 7) is 0.433. The predicted molar refractivity (Wildman–Crippen MR) is 76.3 cm³/mol. The molecule has 0 aliphatic heterocycles. The minimum atomic E-state index is -0.640. The second kappa shape index (κ2) is 7.53. The lowest BCUT2D eigenvalue weighted by molar-refractivity contribution is 0.0325.